The van der Waals surface area contributed by atoms with Crippen molar-refractivity contribution in [3.8, 4) is 16.9 Å². The standard InChI is InChI=1S/C21H23N5O2/c1-22-20(27)14-25(2)15-21(28)23-19-13-18(16-9-5-3-6-10-16)24-26(19)17-11-7-4-8-12-17/h3-13H,14-15H2,1-2H3,(H,22,27)(H,23,28). The molecule has 0 aliphatic rings. The van der Waals surface area contributed by atoms with Crippen LogP contribution in [0.2, 0.25) is 0 Å². The number of carbonyl (C=O) groups excluding carboxylic acids is 2. The van der Waals surface area contributed by atoms with Gasteiger partial charge in [-0.2, -0.15) is 5.10 Å². The minimum absolute atomic E-state index is 0.0913. The van der Waals surface area contributed by atoms with Gasteiger partial charge in [0.1, 0.15) is 5.82 Å². The molecule has 7 nitrogen and oxygen atoms in total. The number of rotatable bonds is 7. The van der Waals surface area contributed by atoms with Crippen LogP contribution in [0.3, 0.4) is 0 Å². The first kappa shape index (κ1) is 19.3. The topological polar surface area (TPSA) is 79.3 Å². The Bertz CT molecular complexity index is 938. The van der Waals surface area contributed by atoms with Crippen molar-refractivity contribution in [3.63, 3.8) is 0 Å². The van der Waals surface area contributed by atoms with E-state index in [9.17, 15) is 9.59 Å². The van der Waals surface area contributed by atoms with Crippen molar-refractivity contribution in [2.24, 2.45) is 0 Å². The van der Waals surface area contributed by atoms with E-state index in [4.69, 9.17) is 0 Å². The molecule has 0 saturated heterocycles. The second-order valence-corrected chi connectivity index (χ2v) is 6.42. The smallest absolute Gasteiger partial charge is 0.239 e. The van der Waals surface area contributed by atoms with E-state index in [-0.39, 0.29) is 24.9 Å². The van der Waals surface area contributed by atoms with Crippen LogP contribution in [0.5, 0.6) is 0 Å². The van der Waals surface area contributed by atoms with E-state index in [0.717, 1.165) is 16.9 Å². The normalized spacial score (nSPS) is 10.7. The molecule has 144 valence electrons. The highest BCUT2D eigenvalue weighted by molar-refractivity contribution is 5.92. The number of amides is 2. The fraction of sp³-hybridized carbons (Fsp3) is 0.190. The summed E-state index contributed by atoms with van der Waals surface area (Å²) in [6.07, 6.45) is 0. The monoisotopic (exact) mass is 377 g/mol. The summed E-state index contributed by atoms with van der Waals surface area (Å²) in [6, 6.07) is 21.2. The molecule has 0 fully saturated rings. The number of benzene rings is 2. The van der Waals surface area contributed by atoms with Gasteiger partial charge in [0, 0.05) is 18.7 Å². The molecule has 28 heavy (non-hydrogen) atoms. The Balaban J connectivity index is 1.84. The Morgan fingerprint density at radius 1 is 0.964 bits per heavy atom. The van der Waals surface area contributed by atoms with Gasteiger partial charge in [-0.25, -0.2) is 4.68 Å². The number of anilines is 1. The fourth-order valence-electron chi connectivity index (χ4n) is 2.79. The lowest BCUT2D eigenvalue weighted by Gasteiger charge is -2.15. The van der Waals surface area contributed by atoms with Crippen LogP contribution < -0.4 is 10.6 Å². The third kappa shape index (κ3) is 4.83. The SMILES string of the molecule is CNC(=O)CN(C)CC(=O)Nc1cc(-c2ccccc2)nn1-c1ccccc1. The third-order valence-corrected chi connectivity index (χ3v) is 4.15. The third-order valence-electron chi connectivity index (χ3n) is 4.15. The Kier molecular flexibility index (Phi) is 6.18. The highest BCUT2D eigenvalue weighted by atomic mass is 16.2. The first-order valence-corrected chi connectivity index (χ1v) is 8.96. The highest BCUT2D eigenvalue weighted by Crippen LogP contribution is 2.24. The van der Waals surface area contributed by atoms with Crippen molar-refractivity contribution in [2.75, 3.05) is 32.5 Å². The summed E-state index contributed by atoms with van der Waals surface area (Å²) in [5.74, 6) is 0.211. The predicted molar refractivity (Wildman–Crippen MR) is 109 cm³/mol. The van der Waals surface area contributed by atoms with Crippen LogP contribution in [0.25, 0.3) is 16.9 Å². The summed E-state index contributed by atoms with van der Waals surface area (Å²) < 4.78 is 1.71. The lowest BCUT2D eigenvalue weighted by Crippen LogP contribution is -2.37. The van der Waals surface area contributed by atoms with E-state index >= 15 is 0 Å². The molecule has 1 aromatic heterocycles. The first-order chi connectivity index (χ1) is 13.6. The van der Waals surface area contributed by atoms with Gasteiger partial charge in [-0.15, -0.1) is 0 Å². The number of carbonyl (C=O) groups is 2. The minimum Gasteiger partial charge on any atom is -0.358 e. The minimum atomic E-state index is -0.219. The van der Waals surface area contributed by atoms with Crippen LogP contribution in [-0.4, -0.2) is 53.7 Å². The van der Waals surface area contributed by atoms with Crippen LogP contribution in [0.1, 0.15) is 0 Å². The molecule has 3 aromatic rings. The molecular weight excluding hydrogens is 354 g/mol. The molecule has 0 aliphatic carbocycles. The molecule has 0 saturated carbocycles. The van der Waals surface area contributed by atoms with Crippen molar-refractivity contribution >= 4 is 17.6 Å². The van der Waals surface area contributed by atoms with Crippen molar-refractivity contribution in [1.29, 1.82) is 0 Å². The van der Waals surface area contributed by atoms with Gasteiger partial charge < -0.3 is 10.6 Å². The van der Waals surface area contributed by atoms with E-state index in [0.29, 0.717) is 5.82 Å². The van der Waals surface area contributed by atoms with Crippen LogP contribution >= 0.6 is 0 Å². The van der Waals surface area contributed by atoms with E-state index in [1.54, 1.807) is 23.7 Å². The molecule has 7 heteroatoms. The zero-order valence-electron chi connectivity index (χ0n) is 15.9. The van der Waals surface area contributed by atoms with Gasteiger partial charge in [-0.1, -0.05) is 48.5 Å². The van der Waals surface area contributed by atoms with Gasteiger partial charge in [0.05, 0.1) is 24.5 Å². The fourth-order valence-corrected chi connectivity index (χ4v) is 2.79. The molecule has 0 spiro atoms. The Labute approximate surface area is 164 Å². The molecular formula is C21H23N5O2. The van der Waals surface area contributed by atoms with Crippen LogP contribution in [-0.2, 0) is 9.59 Å². The second-order valence-electron chi connectivity index (χ2n) is 6.42. The van der Waals surface area contributed by atoms with Gasteiger partial charge in [0.25, 0.3) is 0 Å². The lowest BCUT2D eigenvalue weighted by molar-refractivity contribution is -0.122. The predicted octanol–water partition coefficient (Wildman–Crippen LogP) is 2.16. The van der Waals surface area contributed by atoms with E-state index < -0.39 is 0 Å². The maximum absolute atomic E-state index is 12.5. The molecule has 1 heterocycles. The first-order valence-electron chi connectivity index (χ1n) is 8.96. The lowest BCUT2D eigenvalue weighted by atomic mass is 10.2. The number of hydrogen-bond acceptors (Lipinski definition) is 4. The zero-order valence-corrected chi connectivity index (χ0v) is 15.9. The van der Waals surface area contributed by atoms with Gasteiger partial charge >= 0.3 is 0 Å². The average Bonchev–Trinajstić information content (AvgIpc) is 3.12. The van der Waals surface area contributed by atoms with Crippen molar-refractivity contribution in [3.05, 3.63) is 66.7 Å². The molecule has 0 bridgehead atoms. The van der Waals surface area contributed by atoms with Crippen molar-refractivity contribution in [1.82, 2.24) is 20.0 Å². The molecule has 2 N–H and O–H groups in total. The maximum atomic E-state index is 12.5. The summed E-state index contributed by atoms with van der Waals surface area (Å²) in [6.45, 7) is 0.241. The van der Waals surface area contributed by atoms with Gasteiger partial charge in [0.15, 0.2) is 0 Å². The van der Waals surface area contributed by atoms with Gasteiger partial charge in [0.2, 0.25) is 11.8 Å². The molecule has 0 unspecified atom stereocenters. The molecule has 0 atom stereocenters. The quantitative estimate of drug-likeness (QED) is 0.661. The summed E-state index contributed by atoms with van der Waals surface area (Å²) in [5, 5.41) is 10.1. The number of nitrogens with zero attached hydrogens (tertiary/aromatic N) is 3. The number of para-hydroxylation sites is 1. The summed E-state index contributed by atoms with van der Waals surface area (Å²) in [5.41, 5.74) is 2.57. The molecule has 0 aliphatic heterocycles. The summed E-state index contributed by atoms with van der Waals surface area (Å²) >= 11 is 0. The molecule has 0 radical (unpaired) electrons. The summed E-state index contributed by atoms with van der Waals surface area (Å²) in [7, 11) is 3.29. The molecule has 2 amide bonds. The number of likely N-dealkylation sites (N-methyl/N-ethyl adjacent to an activating group) is 2. The van der Waals surface area contributed by atoms with E-state index in [1.165, 1.54) is 0 Å². The van der Waals surface area contributed by atoms with Crippen molar-refractivity contribution < 1.29 is 9.59 Å². The highest BCUT2D eigenvalue weighted by Gasteiger charge is 2.15. The van der Waals surface area contributed by atoms with Crippen LogP contribution in [0, 0.1) is 0 Å². The molecule has 2 aromatic carbocycles. The van der Waals surface area contributed by atoms with E-state index in [2.05, 4.69) is 15.7 Å². The van der Waals surface area contributed by atoms with E-state index in [1.807, 2.05) is 66.7 Å². The Morgan fingerprint density at radius 2 is 1.57 bits per heavy atom. The summed E-state index contributed by atoms with van der Waals surface area (Å²) in [4.78, 5) is 25.6. The van der Waals surface area contributed by atoms with Crippen molar-refractivity contribution in [2.45, 2.75) is 0 Å². The van der Waals surface area contributed by atoms with Crippen LogP contribution in [0.4, 0.5) is 5.82 Å². The Hall–Kier alpha value is -3.45. The number of nitrogens with one attached hydrogen (secondary N) is 2. The Morgan fingerprint density at radius 3 is 2.21 bits per heavy atom. The maximum Gasteiger partial charge on any atom is 0.239 e. The molecule has 3 rings (SSSR count). The zero-order chi connectivity index (χ0) is 19.9. The average molecular weight is 377 g/mol. The van der Waals surface area contributed by atoms with Gasteiger partial charge in [-0.05, 0) is 19.2 Å². The second kappa shape index (κ2) is 8.96. The number of hydrogen-bond donors (Lipinski definition) is 2. The number of aromatic nitrogens is 2. The van der Waals surface area contributed by atoms with Gasteiger partial charge in [-0.3, -0.25) is 14.5 Å². The largest absolute Gasteiger partial charge is 0.358 e. The van der Waals surface area contributed by atoms with Crippen LogP contribution in [0.15, 0.2) is 66.7 Å².